The molecule has 1 aliphatic heterocycles. The Labute approximate surface area is 88.5 Å². The number of ether oxygens (including phenoxy) is 1. The molecule has 1 aliphatic rings. The molecule has 0 amide bonds. The number of likely N-dealkylation sites (N-methyl/N-ethyl adjacent to an activating group) is 1. The lowest BCUT2D eigenvalue weighted by Gasteiger charge is -2.20. The average Bonchev–Trinajstić information content (AvgIpc) is 2.20. The molecule has 0 aromatic carbocycles. The number of nitrogens with zero attached hydrogens (tertiary/aromatic N) is 1. The largest absolute Gasteiger partial charge is 0.465 e. The first kappa shape index (κ1) is 11.2. The van der Waals surface area contributed by atoms with E-state index >= 15 is 0 Å². The summed E-state index contributed by atoms with van der Waals surface area (Å²) in [6.45, 7) is 1.35. The van der Waals surface area contributed by atoms with Crippen molar-refractivity contribution < 1.29 is 14.3 Å². The van der Waals surface area contributed by atoms with E-state index in [0.29, 0.717) is 5.70 Å². The van der Waals surface area contributed by atoms with Gasteiger partial charge in [0, 0.05) is 13.2 Å². The topological polar surface area (TPSA) is 46.6 Å². The highest BCUT2D eigenvalue weighted by molar-refractivity contribution is 6.17. The summed E-state index contributed by atoms with van der Waals surface area (Å²) in [5.74, 6) is -0.909. The second-order valence-corrected chi connectivity index (χ2v) is 3.12. The summed E-state index contributed by atoms with van der Waals surface area (Å²) in [6.07, 6.45) is 7.05. The summed E-state index contributed by atoms with van der Waals surface area (Å²) >= 11 is 0. The molecule has 0 N–H and O–H groups in total. The molecule has 0 saturated heterocycles. The van der Waals surface area contributed by atoms with E-state index < -0.39 is 5.97 Å². The van der Waals surface area contributed by atoms with Crippen molar-refractivity contribution in [1.29, 1.82) is 0 Å². The van der Waals surface area contributed by atoms with Gasteiger partial charge in [-0.05, 0) is 19.1 Å². The van der Waals surface area contributed by atoms with Crippen LogP contribution in [0.2, 0.25) is 0 Å². The number of ketones is 1. The van der Waals surface area contributed by atoms with E-state index in [1.54, 1.807) is 30.3 Å². The third-order valence-corrected chi connectivity index (χ3v) is 2.05. The Morgan fingerprint density at radius 1 is 1.33 bits per heavy atom. The fourth-order valence-corrected chi connectivity index (χ4v) is 1.31. The van der Waals surface area contributed by atoms with Gasteiger partial charge in [0.2, 0.25) is 0 Å². The second-order valence-electron chi connectivity index (χ2n) is 3.12. The molecule has 80 valence electrons. The molecule has 0 atom stereocenters. The first-order chi connectivity index (χ1) is 7.07. The Balaban J connectivity index is 3.22. The van der Waals surface area contributed by atoms with Gasteiger partial charge in [0.1, 0.15) is 5.57 Å². The summed E-state index contributed by atoms with van der Waals surface area (Å²) in [5, 5.41) is 0. The van der Waals surface area contributed by atoms with Crippen LogP contribution in [0.5, 0.6) is 0 Å². The van der Waals surface area contributed by atoms with Crippen LogP contribution < -0.4 is 0 Å². The minimum atomic E-state index is -0.607. The summed E-state index contributed by atoms with van der Waals surface area (Å²) in [5.41, 5.74) is 0.623. The van der Waals surface area contributed by atoms with Gasteiger partial charge in [-0.15, -0.1) is 0 Å². The van der Waals surface area contributed by atoms with Gasteiger partial charge in [0.05, 0.1) is 12.8 Å². The Kier molecular flexibility index (Phi) is 3.44. The van der Waals surface area contributed by atoms with Crippen molar-refractivity contribution in [2.45, 2.75) is 6.92 Å². The maximum Gasteiger partial charge on any atom is 0.343 e. The Bertz CT molecular complexity index is 377. The summed E-state index contributed by atoms with van der Waals surface area (Å²) < 4.78 is 4.57. The van der Waals surface area contributed by atoms with Crippen LogP contribution in [0.25, 0.3) is 0 Å². The monoisotopic (exact) mass is 207 g/mol. The Morgan fingerprint density at radius 2 is 2.00 bits per heavy atom. The lowest BCUT2D eigenvalue weighted by Crippen LogP contribution is -2.21. The molecule has 1 heterocycles. The van der Waals surface area contributed by atoms with Crippen LogP contribution in [-0.4, -0.2) is 30.8 Å². The third-order valence-electron chi connectivity index (χ3n) is 2.05. The van der Waals surface area contributed by atoms with Crippen molar-refractivity contribution in [2.75, 3.05) is 14.2 Å². The van der Waals surface area contributed by atoms with Crippen molar-refractivity contribution in [2.24, 2.45) is 0 Å². The predicted molar refractivity (Wildman–Crippen MR) is 55.8 cm³/mol. The van der Waals surface area contributed by atoms with Crippen molar-refractivity contribution in [3.63, 3.8) is 0 Å². The fraction of sp³-hybridized carbons (Fsp3) is 0.273. The zero-order valence-corrected chi connectivity index (χ0v) is 8.98. The number of hydrogen-bond donors (Lipinski definition) is 0. The van der Waals surface area contributed by atoms with Gasteiger partial charge in [-0.3, -0.25) is 4.79 Å². The number of Topliss-reactive ketones (excluding diaryl/α,β-unsaturated/α-hetero) is 1. The normalized spacial score (nSPS) is 17.7. The Hall–Kier alpha value is -1.84. The van der Waals surface area contributed by atoms with Crippen LogP contribution in [0.4, 0.5) is 0 Å². The van der Waals surface area contributed by atoms with Crippen molar-refractivity contribution in [3.05, 3.63) is 35.7 Å². The minimum absolute atomic E-state index is 0.0700. The molecular formula is C11H13NO3. The maximum atomic E-state index is 11.4. The van der Waals surface area contributed by atoms with Crippen LogP contribution in [0.15, 0.2) is 35.7 Å². The fourth-order valence-electron chi connectivity index (χ4n) is 1.31. The lowest BCUT2D eigenvalue weighted by molar-refractivity contribution is -0.137. The first-order valence-electron chi connectivity index (χ1n) is 4.49. The standard InChI is InChI=1S/C11H13NO3/c1-8(13)10(11(14)15-3)9-6-4-5-7-12(9)2/h4-7H,1-3H3/b10-9-. The number of methoxy groups -OCH3 is 1. The van der Waals surface area contributed by atoms with E-state index in [1.807, 2.05) is 6.08 Å². The molecule has 0 aromatic heterocycles. The molecule has 0 spiro atoms. The molecule has 0 aromatic rings. The molecular weight excluding hydrogens is 194 g/mol. The molecule has 4 nitrogen and oxygen atoms in total. The van der Waals surface area contributed by atoms with E-state index in [-0.39, 0.29) is 11.4 Å². The molecule has 0 bridgehead atoms. The van der Waals surface area contributed by atoms with Crippen molar-refractivity contribution in [3.8, 4) is 0 Å². The van der Waals surface area contributed by atoms with Gasteiger partial charge in [-0.25, -0.2) is 4.79 Å². The van der Waals surface area contributed by atoms with Gasteiger partial charge >= 0.3 is 5.97 Å². The summed E-state index contributed by atoms with van der Waals surface area (Å²) in [4.78, 5) is 24.5. The highest BCUT2D eigenvalue weighted by atomic mass is 16.5. The quantitative estimate of drug-likeness (QED) is 0.293. The van der Waals surface area contributed by atoms with Gasteiger partial charge in [0.25, 0.3) is 0 Å². The van der Waals surface area contributed by atoms with E-state index in [1.165, 1.54) is 14.0 Å². The lowest BCUT2D eigenvalue weighted by atomic mass is 10.1. The number of carbonyl (C=O) groups excluding carboxylic acids is 2. The first-order valence-corrected chi connectivity index (χ1v) is 4.49. The molecule has 1 rings (SSSR count). The van der Waals surface area contributed by atoms with Gasteiger partial charge in [-0.2, -0.15) is 0 Å². The molecule has 15 heavy (non-hydrogen) atoms. The predicted octanol–water partition coefficient (Wildman–Crippen LogP) is 1.02. The molecule has 0 unspecified atom stereocenters. The molecule has 0 saturated carbocycles. The van der Waals surface area contributed by atoms with Gasteiger partial charge < -0.3 is 9.64 Å². The van der Waals surface area contributed by atoms with Gasteiger partial charge in [0.15, 0.2) is 5.78 Å². The number of esters is 1. The molecule has 0 fully saturated rings. The smallest absolute Gasteiger partial charge is 0.343 e. The number of rotatable bonds is 2. The van der Waals surface area contributed by atoms with Crippen molar-refractivity contribution >= 4 is 11.8 Å². The maximum absolute atomic E-state index is 11.4. The van der Waals surface area contributed by atoms with E-state index in [9.17, 15) is 9.59 Å². The van der Waals surface area contributed by atoms with Crippen LogP contribution in [0.3, 0.4) is 0 Å². The number of allylic oxidation sites excluding steroid dienone is 3. The number of carbonyl (C=O) groups is 2. The highest BCUT2D eigenvalue weighted by Crippen LogP contribution is 2.16. The Morgan fingerprint density at radius 3 is 2.47 bits per heavy atom. The molecule has 0 aliphatic carbocycles. The number of hydrogen-bond acceptors (Lipinski definition) is 4. The van der Waals surface area contributed by atoms with Crippen LogP contribution in [-0.2, 0) is 14.3 Å². The molecule has 0 radical (unpaired) electrons. The van der Waals surface area contributed by atoms with Gasteiger partial charge in [-0.1, -0.05) is 6.08 Å². The van der Waals surface area contributed by atoms with Crippen LogP contribution >= 0.6 is 0 Å². The third kappa shape index (κ3) is 2.34. The van der Waals surface area contributed by atoms with E-state index in [0.717, 1.165) is 0 Å². The summed E-state index contributed by atoms with van der Waals surface area (Å²) in [6, 6.07) is 0. The minimum Gasteiger partial charge on any atom is -0.465 e. The zero-order valence-electron chi connectivity index (χ0n) is 8.98. The highest BCUT2D eigenvalue weighted by Gasteiger charge is 2.21. The van der Waals surface area contributed by atoms with E-state index in [4.69, 9.17) is 0 Å². The van der Waals surface area contributed by atoms with Crippen LogP contribution in [0, 0.1) is 0 Å². The second kappa shape index (κ2) is 4.59. The van der Waals surface area contributed by atoms with E-state index in [2.05, 4.69) is 4.74 Å². The van der Waals surface area contributed by atoms with Crippen LogP contribution in [0.1, 0.15) is 6.92 Å². The molecule has 4 heteroatoms. The SMILES string of the molecule is COC(=O)/C(C(C)=O)=C1/C=CC=CN1C. The summed E-state index contributed by atoms with van der Waals surface area (Å²) in [7, 11) is 3.02. The average molecular weight is 207 g/mol. The van der Waals surface area contributed by atoms with Crippen molar-refractivity contribution in [1.82, 2.24) is 4.90 Å². The zero-order chi connectivity index (χ0) is 11.4.